The third-order valence-electron chi connectivity index (χ3n) is 2.15. The van der Waals surface area contributed by atoms with Crippen LogP contribution in [-0.2, 0) is 0 Å². The number of benzene rings is 2. The molecule has 1 N–H and O–H groups in total. The monoisotopic (exact) mass is 262 g/mol. The largest absolute Gasteiger partial charge is 0.473 e. The molecule has 0 amide bonds. The van der Waals surface area contributed by atoms with E-state index in [1.165, 1.54) is 0 Å². The molecule has 0 spiro atoms. The summed E-state index contributed by atoms with van der Waals surface area (Å²) in [5.41, 5.74) is 0. The maximum atomic E-state index is 10.9. The summed E-state index contributed by atoms with van der Waals surface area (Å²) in [4.78, 5) is 10.9. The van der Waals surface area contributed by atoms with Crippen LogP contribution in [0.15, 0.2) is 60.7 Å². The summed E-state index contributed by atoms with van der Waals surface area (Å²) in [5, 5.41) is 10.3. The Labute approximate surface area is 105 Å². The van der Waals surface area contributed by atoms with E-state index in [1.54, 1.807) is 0 Å². The first kappa shape index (κ1) is 12.2. The van der Waals surface area contributed by atoms with E-state index >= 15 is 0 Å². The molecule has 0 bridgehead atoms. The molecule has 2 aromatic rings. The Balaban J connectivity index is 2.36. The lowest BCUT2D eigenvalue weighted by molar-refractivity contribution is 0.222. The first-order chi connectivity index (χ1) is 8.27. The van der Waals surface area contributed by atoms with Crippen molar-refractivity contribution in [3.8, 4) is 0 Å². The summed E-state index contributed by atoms with van der Waals surface area (Å²) in [6, 6.07) is 19.6. The van der Waals surface area contributed by atoms with E-state index in [9.17, 15) is 4.79 Å². The molecule has 2 nitrogen and oxygen atoms in total. The topological polar surface area (TPSA) is 37.3 Å². The van der Waals surface area contributed by atoms with Crippen molar-refractivity contribution in [2.24, 2.45) is 0 Å². The van der Waals surface area contributed by atoms with Crippen LogP contribution in [0, 0.1) is 0 Å². The zero-order valence-corrected chi connectivity index (χ0v) is 10.7. The van der Waals surface area contributed by atoms with Crippen LogP contribution in [-0.4, -0.2) is 10.4 Å². The van der Waals surface area contributed by atoms with Gasteiger partial charge in [0.25, 0.3) is 0 Å². The molecule has 0 aliphatic rings. The minimum atomic E-state index is -0.873. The third-order valence-corrected chi connectivity index (χ3v) is 6.31. The Hall–Kier alpha value is -1.31. The van der Waals surface area contributed by atoms with Crippen molar-refractivity contribution in [1.82, 2.24) is 0 Å². The second-order valence-corrected chi connectivity index (χ2v) is 7.12. The molecule has 4 heteroatoms. The van der Waals surface area contributed by atoms with Crippen LogP contribution in [0.3, 0.4) is 0 Å². The van der Waals surface area contributed by atoms with Gasteiger partial charge < -0.3 is 5.11 Å². The molecular weight excluding hydrogens is 251 g/mol. The molecule has 0 saturated heterocycles. The number of rotatable bonds is 3. The van der Waals surface area contributed by atoms with Crippen LogP contribution in [0.1, 0.15) is 0 Å². The number of carboxylic acid groups (broad SMARTS) is 1. The van der Waals surface area contributed by atoms with E-state index in [-0.39, 0.29) is 0 Å². The molecule has 0 aliphatic heterocycles. The summed E-state index contributed by atoms with van der Waals surface area (Å²) >= 11 is 0.987. The van der Waals surface area contributed by atoms with Crippen molar-refractivity contribution in [3.63, 3.8) is 0 Å². The van der Waals surface area contributed by atoms with Gasteiger partial charge in [0.1, 0.15) is 0 Å². The lowest BCUT2D eigenvalue weighted by Gasteiger charge is -2.14. The van der Waals surface area contributed by atoms with Gasteiger partial charge in [-0.2, -0.15) is 0 Å². The Kier molecular flexibility index (Phi) is 4.18. The maximum absolute atomic E-state index is 10.9. The molecule has 17 heavy (non-hydrogen) atoms. The molecule has 0 saturated carbocycles. The lowest BCUT2D eigenvalue weighted by atomic mass is 10.4. The van der Waals surface area contributed by atoms with Gasteiger partial charge in [0, 0.05) is 7.12 Å². The minimum Gasteiger partial charge on any atom is -0.473 e. The maximum Gasteiger partial charge on any atom is 0.369 e. The molecule has 2 rings (SSSR count). The highest BCUT2D eigenvalue weighted by Crippen LogP contribution is 2.47. The van der Waals surface area contributed by atoms with Crippen molar-refractivity contribution in [1.29, 1.82) is 0 Å². The van der Waals surface area contributed by atoms with E-state index in [4.69, 9.17) is 5.11 Å². The van der Waals surface area contributed by atoms with Crippen LogP contribution in [0.25, 0.3) is 0 Å². The van der Waals surface area contributed by atoms with Gasteiger partial charge >= 0.3 is 5.30 Å². The fraction of sp³-hybridized carbons (Fsp3) is 0. The van der Waals surface area contributed by atoms with Crippen molar-refractivity contribution >= 4 is 34.4 Å². The molecule has 0 heterocycles. The predicted molar refractivity (Wildman–Crippen MR) is 74.7 cm³/mol. The lowest BCUT2D eigenvalue weighted by Crippen LogP contribution is -2.09. The molecule has 0 aliphatic carbocycles. The molecule has 2 aromatic carbocycles. The first-order valence-corrected chi connectivity index (χ1v) is 7.85. The summed E-state index contributed by atoms with van der Waals surface area (Å²) in [6.45, 7) is 0. The highest BCUT2D eigenvalue weighted by Gasteiger charge is 2.17. The van der Waals surface area contributed by atoms with Gasteiger partial charge in [0.05, 0.1) is 0 Å². The summed E-state index contributed by atoms with van der Waals surface area (Å²) in [7, 11) is -0.873. The van der Waals surface area contributed by atoms with E-state index in [2.05, 4.69) is 0 Å². The molecular formula is C13H11O2PS. The standard InChI is InChI=1S/C13H11O2PS/c14-13(15)17-16(11-7-3-1-4-8-11)12-9-5-2-6-10-12/h1-10H,(H,14,15). The van der Waals surface area contributed by atoms with Gasteiger partial charge in [-0.15, -0.1) is 0 Å². The normalized spacial score (nSPS) is 10.4. The Morgan fingerprint density at radius 2 is 1.29 bits per heavy atom. The quantitative estimate of drug-likeness (QED) is 0.861. The van der Waals surface area contributed by atoms with Crippen molar-refractivity contribution in [2.75, 3.05) is 0 Å². The van der Waals surface area contributed by atoms with E-state index in [0.29, 0.717) is 0 Å². The smallest absolute Gasteiger partial charge is 0.369 e. The van der Waals surface area contributed by atoms with Crippen molar-refractivity contribution < 1.29 is 9.90 Å². The van der Waals surface area contributed by atoms with Gasteiger partial charge in [-0.25, -0.2) is 4.79 Å². The zero-order chi connectivity index (χ0) is 12.1. The van der Waals surface area contributed by atoms with E-state index in [1.807, 2.05) is 60.7 Å². The predicted octanol–water partition coefficient (Wildman–Crippen LogP) is 3.45. The molecule has 0 atom stereocenters. The van der Waals surface area contributed by atoms with Gasteiger partial charge in [-0.3, -0.25) is 0 Å². The van der Waals surface area contributed by atoms with Crippen LogP contribution < -0.4 is 10.6 Å². The molecule has 86 valence electrons. The van der Waals surface area contributed by atoms with Gasteiger partial charge in [-0.1, -0.05) is 60.7 Å². The summed E-state index contributed by atoms with van der Waals surface area (Å²) < 4.78 is 0. The number of carbonyl (C=O) groups is 1. The van der Waals surface area contributed by atoms with Crippen molar-refractivity contribution in [2.45, 2.75) is 0 Å². The minimum absolute atomic E-state index is 0.830. The average molecular weight is 262 g/mol. The Morgan fingerprint density at radius 1 is 0.882 bits per heavy atom. The molecule has 0 radical (unpaired) electrons. The molecule has 0 aromatic heterocycles. The number of hydrogen-bond acceptors (Lipinski definition) is 2. The fourth-order valence-electron chi connectivity index (χ4n) is 1.46. The summed E-state index contributed by atoms with van der Waals surface area (Å²) in [6.07, 6.45) is 0. The SMILES string of the molecule is O=C(O)SP(c1ccccc1)c1ccccc1. The second-order valence-electron chi connectivity index (χ2n) is 3.32. The van der Waals surface area contributed by atoms with E-state index in [0.717, 1.165) is 22.0 Å². The molecule has 0 unspecified atom stereocenters. The van der Waals surface area contributed by atoms with Crippen LogP contribution in [0.2, 0.25) is 0 Å². The van der Waals surface area contributed by atoms with E-state index < -0.39 is 12.4 Å². The van der Waals surface area contributed by atoms with Crippen molar-refractivity contribution in [3.05, 3.63) is 60.7 Å². The van der Waals surface area contributed by atoms with Crippen LogP contribution in [0.4, 0.5) is 4.79 Å². The highest BCUT2D eigenvalue weighted by molar-refractivity contribution is 8.66. The highest BCUT2D eigenvalue weighted by atomic mass is 32.7. The Morgan fingerprint density at radius 3 is 1.65 bits per heavy atom. The summed E-state index contributed by atoms with van der Waals surface area (Å²) in [5.74, 6) is 0. The molecule has 0 fully saturated rings. The third kappa shape index (κ3) is 3.32. The van der Waals surface area contributed by atoms with Crippen LogP contribution >= 0.6 is 18.5 Å². The fourth-order valence-corrected chi connectivity index (χ4v) is 4.84. The Bertz CT molecular complexity index is 448. The second kappa shape index (κ2) is 5.85. The average Bonchev–Trinajstić information content (AvgIpc) is 2.38. The van der Waals surface area contributed by atoms with Gasteiger partial charge in [0.15, 0.2) is 0 Å². The van der Waals surface area contributed by atoms with Crippen LogP contribution in [0.5, 0.6) is 0 Å². The number of hydrogen-bond donors (Lipinski definition) is 1. The first-order valence-electron chi connectivity index (χ1n) is 5.08. The van der Waals surface area contributed by atoms with Gasteiger partial charge in [0.2, 0.25) is 0 Å². The van der Waals surface area contributed by atoms with Gasteiger partial charge in [-0.05, 0) is 22.0 Å². The zero-order valence-electron chi connectivity index (χ0n) is 8.98.